The first-order valence-corrected chi connectivity index (χ1v) is 5.58. The zero-order chi connectivity index (χ0) is 12.7. The Hall–Kier alpha value is -1.75. The highest BCUT2D eigenvalue weighted by Gasteiger charge is 2.05. The molecule has 90 valence electrons. The lowest BCUT2D eigenvalue weighted by atomic mass is 10.2. The highest BCUT2D eigenvalue weighted by Crippen LogP contribution is 2.10. The second kappa shape index (κ2) is 6.75. The largest absolute Gasteiger partial charge is 0.462 e. The number of carbonyl (C=O) groups excluding carboxylic acids is 2. The van der Waals surface area contributed by atoms with E-state index in [1.54, 1.807) is 31.2 Å². The van der Waals surface area contributed by atoms with Crippen LogP contribution in [0.4, 0.5) is 5.69 Å². The zero-order valence-corrected chi connectivity index (χ0v) is 10.2. The molecule has 17 heavy (non-hydrogen) atoms. The maximum absolute atomic E-state index is 11.3. The van der Waals surface area contributed by atoms with Crippen molar-refractivity contribution in [3.63, 3.8) is 0 Å². The van der Waals surface area contributed by atoms with Crippen LogP contribution in [-0.4, -0.2) is 18.5 Å². The predicted octanol–water partition coefficient (Wildman–Crippen LogP) is 2.25. The molecule has 1 aromatic rings. The lowest BCUT2D eigenvalue weighted by Gasteiger charge is -2.04. The molecule has 0 bridgehead atoms. The van der Waals surface area contributed by atoms with Gasteiger partial charge in [-0.3, -0.25) is 4.79 Å². The zero-order valence-electron chi connectivity index (χ0n) is 9.34. The van der Waals surface area contributed by atoms with Crippen LogP contribution in [0.15, 0.2) is 35.7 Å². The standard InChI is InChI=1S/C12H13NO3S/c1-2-16-12(15)9-3-5-10(6-4-9)13-11(14)7-8-17/h3-8,17H,2H2,1H3,(H,13,14)/b8-7-. The van der Waals surface area contributed by atoms with Crippen LogP contribution < -0.4 is 5.32 Å². The van der Waals surface area contributed by atoms with Gasteiger partial charge >= 0.3 is 5.97 Å². The smallest absolute Gasteiger partial charge is 0.338 e. The normalized spacial score (nSPS) is 10.2. The van der Waals surface area contributed by atoms with Crippen LogP contribution in [0.5, 0.6) is 0 Å². The van der Waals surface area contributed by atoms with Gasteiger partial charge in [0.25, 0.3) is 0 Å². The molecule has 1 N–H and O–H groups in total. The summed E-state index contributed by atoms with van der Waals surface area (Å²) < 4.78 is 4.84. The maximum atomic E-state index is 11.3. The number of hydrogen-bond acceptors (Lipinski definition) is 4. The predicted molar refractivity (Wildman–Crippen MR) is 69.2 cm³/mol. The van der Waals surface area contributed by atoms with E-state index in [1.807, 2.05) is 0 Å². The Bertz CT molecular complexity index is 426. The van der Waals surface area contributed by atoms with Crippen LogP contribution in [-0.2, 0) is 9.53 Å². The molecule has 0 fully saturated rings. The van der Waals surface area contributed by atoms with Crippen LogP contribution in [0.3, 0.4) is 0 Å². The SMILES string of the molecule is CCOC(=O)c1ccc(NC(=O)/C=C\S)cc1. The van der Waals surface area contributed by atoms with Crippen molar-refractivity contribution in [2.24, 2.45) is 0 Å². The Morgan fingerprint density at radius 2 is 2.00 bits per heavy atom. The van der Waals surface area contributed by atoms with E-state index in [0.717, 1.165) is 0 Å². The Labute approximate surface area is 105 Å². The molecule has 0 saturated heterocycles. The Balaban J connectivity index is 2.68. The summed E-state index contributed by atoms with van der Waals surface area (Å²) >= 11 is 3.79. The molecule has 0 aliphatic rings. The number of carbonyl (C=O) groups is 2. The summed E-state index contributed by atoms with van der Waals surface area (Å²) in [5.74, 6) is -0.649. The van der Waals surface area contributed by atoms with Gasteiger partial charge in [-0.25, -0.2) is 4.79 Å². The van der Waals surface area contributed by atoms with E-state index in [2.05, 4.69) is 17.9 Å². The van der Waals surface area contributed by atoms with E-state index in [0.29, 0.717) is 17.9 Å². The Kier molecular flexibility index (Phi) is 5.29. The van der Waals surface area contributed by atoms with Crippen molar-refractivity contribution in [3.05, 3.63) is 41.3 Å². The molecule has 0 heterocycles. The van der Waals surface area contributed by atoms with Crippen LogP contribution in [0.25, 0.3) is 0 Å². The second-order valence-electron chi connectivity index (χ2n) is 3.10. The number of thiol groups is 1. The fourth-order valence-electron chi connectivity index (χ4n) is 1.16. The summed E-state index contributed by atoms with van der Waals surface area (Å²) in [6.45, 7) is 2.08. The van der Waals surface area contributed by atoms with Gasteiger partial charge in [0.05, 0.1) is 12.2 Å². The summed E-state index contributed by atoms with van der Waals surface area (Å²) in [7, 11) is 0. The molecule has 0 aromatic heterocycles. The van der Waals surface area contributed by atoms with Gasteiger partial charge in [0.1, 0.15) is 0 Å². The number of rotatable bonds is 4. The summed E-state index contributed by atoms with van der Waals surface area (Å²) in [5, 5.41) is 3.96. The van der Waals surface area contributed by atoms with Crippen LogP contribution in [0.1, 0.15) is 17.3 Å². The van der Waals surface area contributed by atoms with Gasteiger partial charge in [0, 0.05) is 11.8 Å². The number of ether oxygens (including phenoxy) is 1. The molecule has 0 aliphatic heterocycles. The monoisotopic (exact) mass is 251 g/mol. The number of anilines is 1. The van der Waals surface area contributed by atoms with E-state index in [1.165, 1.54) is 11.5 Å². The molecular weight excluding hydrogens is 238 g/mol. The molecule has 0 spiro atoms. The van der Waals surface area contributed by atoms with Gasteiger partial charge in [-0.1, -0.05) is 0 Å². The number of benzene rings is 1. The number of amides is 1. The van der Waals surface area contributed by atoms with Gasteiger partial charge in [0.2, 0.25) is 5.91 Å². The molecule has 0 atom stereocenters. The molecule has 0 radical (unpaired) electrons. The molecular formula is C12H13NO3S. The summed E-state index contributed by atoms with van der Waals surface area (Å²) in [5.41, 5.74) is 1.06. The first kappa shape index (κ1) is 13.3. The topological polar surface area (TPSA) is 55.4 Å². The molecule has 0 aliphatic carbocycles. The van der Waals surface area contributed by atoms with Crippen LogP contribution in [0, 0.1) is 0 Å². The minimum atomic E-state index is -0.374. The fraction of sp³-hybridized carbons (Fsp3) is 0.167. The van der Waals surface area contributed by atoms with Crippen molar-refractivity contribution in [2.75, 3.05) is 11.9 Å². The lowest BCUT2D eigenvalue weighted by Crippen LogP contribution is -2.08. The second-order valence-corrected chi connectivity index (χ2v) is 3.40. The Morgan fingerprint density at radius 1 is 1.35 bits per heavy atom. The van der Waals surface area contributed by atoms with Crippen molar-refractivity contribution in [2.45, 2.75) is 6.92 Å². The molecule has 1 amide bonds. The number of hydrogen-bond donors (Lipinski definition) is 2. The van der Waals surface area contributed by atoms with E-state index in [4.69, 9.17) is 4.74 Å². The van der Waals surface area contributed by atoms with Gasteiger partial charge in [-0.15, -0.1) is 0 Å². The third-order valence-corrected chi connectivity index (χ3v) is 2.04. The van der Waals surface area contributed by atoms with Gasteiger partial charge < -0.3 is 10.1 Å². The molecule has 1 aromatic carbocycles. The fourth-order valence-corrected chi connectivity index (χ4v) is 1.29. The van der Waals surface area contributed by atoms with Gasteiger partial charge in [-0.05, 0) is 36.6 Å². The molecule has 1 rings (SSSR count). The van der Waals surface area contributed by atoms with Crippen molar-refractivity contribution >= 4 is 30.2 Å². The average Bonchev–Trinajstić information content (AvgIpc) is 2.30. The van der Waals surface area contributed by atoms with Gasteiger partial charge in [0.15, 0.2) is 0 Å². The molecule has 5 heteroatoms. The molecule has 0 saturated carbocycles. The van der Waals surface area contributed by atoms with E-state index < -0.39 is 0 Å². The number of nitrogens with one attached hydrogen (secondary N) is 1. The first-order valence-electron chi connectivity index (χ1n) is 5.06. The van der Waals surface area contributed by atoms with Crippen molar-refractivity contribution < 1.29 is 14.3 Å². The van der Waals surface area contributed by atoms with Crippen LogP contribution >= 0.6 is 12.6 Å². The quantitative estimate of drug-likeness (QED) is 0.490. The average molecular weight is 251 g/mol. The third kappa shape index (κ3) is 4.32. The lowest BCUT2D eigenvalue weighted by molar-refractivity contribution is -0.111. The maximum Gasteiger partial charge on any atom is 0.338 e. The van der Waals surface area contributed by atoms with E-state index in [9.17, 15) is 9.59 Å². The van der Waals surface area contributed by atoms with E-state index >= 15 is 0 Å². The summed E-state index contributed by atoms with van der Waals surface area (Å²) in [6.07, 6.45) is 1.29. The minimum absolute atomic E-state index is 0.274. The van der Waals surface area contributed by atoms with Crippen molar-refractivity contribution in [1.82, 2.24) is 0 Å². The van der Waals surface area contributed by atoms with Crippen molar-refractivity contribution in [1.29, 1.82) is 0 Å². The third-order valence-electron chi connectivity index (χ3n) is 1.89. The van der Waals surface area contributed by atoms with Crippen molar-refractivity contribution in [3.8, 4) is 0 Å². The van der Waals surface area contributed by atoms with Crippen LogP contribution in [0.2, 0.25) is 0 Å². The minimum Gasteiger partial charge on any atom is -0.462 e. The highest BCUT2D eigenvalue weighted by molar-refractivity contribution is 7.83. The first-order chi connectivity index (χ1) is 8.17. The molecule has 4 nitrogen and oxygen atoms in total. The van der Waals surface area contributed by atoms with E-state index in [-0.39, 0.29) is 11.9 Å². The molecule has 0 unspecified atom stereocenters. The summed E-state index contributed by atoms with van der Waals surface area (Å²) in [4.78, 5) is 22.5. The highest BCUT2D eigenvalue weighted by atomic mass is 32.1. The summed E-state index contributed by atoms with van der Waals surface area (Å²) in [6, 6.07) is 6.46. The Morgan fingerprint density at radius 3 is 2.53 bits per heavy atom. The van der Waals surface area contributed by atoms with Gasteiger partial charge in [-0.2, -0.15) is 12.6 Å². The number of esters is 1.